The van der Waals surface area contributed by atoms with Crippen LogP contribution in [0.25, 0.3) is 27.7 Å². The van der Waals surface area contributed by atoms with Crippen LogP contribution in [-0.4, -0.2) is 24.6 Å². The van der Waals surface area contributed by atoms with Crippen molar-refractivity contribution >= 4 is 22.5 Å². The predicted octanol–water partition coefficient (Wildman–Crippen LogP) is 5.71. The molecule has 0 saturated heterocycles. The summed E-state index contributed by atoms with van der Waals surface area (Å²) >= 11 is 0. The highest BCUT2D eigenvalue weighted by Crippen LogP contribution is 2.39. The monoisotopic (exact) mass is 416 g/mol. The molecule has 0 radical (unpaired) electrons. The lowest BCUT2D eigenvalue weighted by Crippen LogP contribution is -2.20. The molecule has 0 spiro atoms. The molecule has 31 heavy (non-hydrogen) atoms. The molecule has 0 bridgehead atoms. The Morgan fingerprint density at radius 1 is 1.03 bits per heavy atom. The Kier molecular flexibility index (Phi) is 5.42. The number of nitrogens with zero attached hydrogens (tertiary/aromatic N) is 5. The molecule has 162 valence electrons. The number of rotatable bonds is 2. The van der Waals surface area contributed by atoms with E-state index in [1.54, 1.807) is 12.4 Å². The van der Waals surface area contributed by atoms with Crippen molar-refractivity contribution in [2.75, 3.05) is 5.73 Å². The summed E-state index contributed by atoms with van der Waals surface area (Å²) in [7, 11) is 0. The highest BCUT2D eigenvalue weighted by atomic mass is 15.3. The van der Waals surface area contributed by atoms with E-state index in [4.69, 9.17) is 5.73 Å². The number of benzene rings is 1. The molecule has 4 aromatic rings. The van der Waals surface area contributed by atoms with E-state index in [0.717, 1.165) is 45.2 Å². The third-order valence-electron chi connectivity index (χ3n) is 5.78. The third-order valence-corrected chi connectivity index (χ3v) is 5.78. The van der Waals surface area contributed by atoms with E-state index in [2.05, 4.69) is 66.8 Å². The van der Waals surface area contributed by atoms with Gasteiger partial charge in [0.05, 0.1) is 22.2 Å². The minimum atomic E-state index is 0.0949. The summed E-state index contributed by atoms with van der Waals surface area (Å²) < 4.78 is 1.82. The lowest BCUT2D eigenvalue weighted by atomic mass is 9.72. The van der Waals surface area contributed by atoms with Crippen LogP contribution in [-0.2, 0) is 6.42 Å². The zero-order valence-electron chi connectivity index (χ0n) is 19.2. The molecule has 3 aromatic heterocycles. The van der Waals surface area contributed by atoms with Crippen molar-refractivity contribution < 1.29 is 0 Å². The second-order valence-corrected chi connectivity index (χ2v) is 10.5. The molecule has 5 rings (SSSR count). The number of anilines is 1. The van der Waals surface area contributed by atoms with Crippen molar-refractivity contribution in [2.24, 2.45) is 10.8 Å². The van der Waals surface area contributed by atoms with Crippen LogP contribution in [0.15, 0.2) is 42.9 Å². The Morgan fingerprint density at radius 2 is 1.71 bits per heavy atom. The normalized spacial score (nSPS) is 15.4. The summed E-state index contributed by atoms with van der Waals surface area (Å²) in [6, 6.07) is 8.15. The molecule has 6 heteroatoms. The Labute approximate surface area is 183 Å². The van der Waals surface area contributed by atoms with Gasteiger partial charge in [-0.3, -0.25) is 9.97 Å². The van der Waals surface area contributed by atoms with Crippen molar-refractivity contribution in [1.29, 1.82) is 0 Å². The average molecular weight is 417 g/mol. The van der Waals surface area contributed by atoms with Gasteiger partial charge >= 0.3 is 0 Å². The average Bonchev–Trinajstić information content (AvgIpc) is 3.10. The van der Waals surface area contributed by atoms with Crippen LogP contribution < -0.4 is 5.73 Å². The predicted molar refractivity (Wildman–Crippen MR) is 127 cm³/mol. The van der Waals surface area contributed by atoms with Gasteiger partial charge in [-0.1, -0.05) is 47.1 Å². The lowest BCUT2D eigenvalue weighted by molar-refractivity contribution is 0.190. The summed E-state index contributed by atoms with van der Waals surface area (Å²) in [6.07, 6.45) is 10.5. The summed E-state index contributed by atoms with van der Waals surface area (Å²) in [6.45, 7) is 11.2. The Balaban J connectivity index is 0.000000334. The third kappa shape index (κ3) is 4.84. The molecule has 1 fully saturated rings. The maximum absolute atomic E-state index is 5.90. The fourth-order valence-electron chi connectivity index (χ4n) is 3.99. The largest absolute Gasteiger partial charge is 0.367 e. The van der Waals surface area contributed by atoms with Crippen LogP contribution in [0.1, 0.15) is 59.6 Å². The quantitative estimate of drug-likeness (QED) is 0.453. The first kappa shape index (κ1) is 21.2. The minimum absolute atomic E-state index is 0.0949. The standard InChI is InChI=1S/C19H20N6.C6H12/c1-19(2,3)11-16-17-13(6-9-25(17)24-18(20)23-16)12-4-5-14-15(10-12)22-8-7-21-14;1-6(2)4-3-5-6/h4-10H,11H2,1-3H3,(H2,20,24);3-5H2,1-2H3. The highest BCUT2D eigenvalue weighted by molar-refractivity contribution is 5.88. The molecule has 2 N–H and O–H groups in total. The fourth-order valence-corrected chi connectivity index (χ4v) is 3.99. The zero-order valence-corrected chi connectivity index (χ0v) is 19.2. The van der Waals surface area contributed by atoms with Crippen LogP contribution in [0.5, 0.6) is 0 Å². The number of hydrogen-bond acceptors (Lipinski definition) is 5. The first-order chi connectivity index (χ1) is 14.6. The molecule has 0 aliphatic heterocycles. The van der Waals surface area contributed by atoms with E-state index in [1.165, 1.54) is 19.3 Å². The van der Waals surface area contributed by atoms with Gasteiger partial charge in [0.1, 0.15) is 0 Å². The smallest absolute Gasteiger partial charge is 0.238 e. The molecule has 0 unspecified atom stereocenters. The van der Waals surface area contributed by atoms with Gasteiger partial charge in [-0.05, 0) is 53.9 Å². The SMILES string of the molecule is CC(C)(C)Cc1nc(N)nn2ccc(-c3ccc4nccnc4c3)c12.CC1(C)CCC1. The first-order valence-electron chi connectivity index (χ1n) is 11.0. The molecule has 1 aliphatic rings. The number of aromatic nitrogens is 5. The molecule has 0 amide bonds. The van der Waals surface area contributed by atoms with Crippen molar-refractivity contribution in [3.05, 3.63) is 48.5 Å². The van der Waals surface area contributed by atoms with E-state index in [-0.39, 0.29) is 5.41 Å². The van der Waals surface area contributed by atoms with Crippen molar-refractivity contribution in [3.8, 4) is 11.1 Å². The number of nitrogen functional groups attached to an aromatic ring is 1. The van der Waals surface area contributed by atoms with Crippen LogP contribution in [0.2, 0.25) is 0 Å². The van der Waals surface area contributed by atoms with Crippen LogP contribution >= 0.6 is 0 Å². The van der Waals surface area contributed by atoms with Crippen molar-refractivity contribution in [2.45, 2.75) is 60.3 Å². The van der Waals surface area contributed by atoms with Crippen molar-refractivity contribution in [3.63, 3.8) is 0 Å². The molecule has 6 nitrogen and oxygen atoms in total. The lowest BCUT2D eigenvalue weighted by Gasteiger charge is -2.33. The van der Waals surface area contributed by atoms with E-state index in [9.17, 15) is 0 Å². The minimum Gasteiger partial charge on any atom is -0.367 e. The molecule has 1 aromatic carbocycles. The zero-order chi connectivity index (χ0) is 22.2. The Morgan fingerprint density at radius 3 is 2.32 bits per heavy atom. The summed E-state index contributed by atoms with van der Waals surface area (Å²) in [5.41, 5.74) is 12.6. The van der Waals surface area contributed by atoms with Gasteiger partial charge in [-0.2, -0.15) is 0 Å². The maximum Gasteiger partial charge on any atom is 0.238 e. The van der Waals surface area contributed by atoms with Gasteiger partial charge < -0.3 is 5.73 Å². The maximum atomic E-state index is 5.90. The summed E-state index contributed by atoms with van der Waals surface area (Å²) in [5, 5.41) is 4.33. The molecular formula is C25H32N6. The van der Waals surface area contributed by atoms with Crippen LogP contribution in [0.3, 0.4) is 0 Å². The topological polar surface area (TPSA) is 82.0 Å². The number of nitrogens with two attached hydrogens (primary N) is 1. The molecule has 0 atom stereocenters. The second kappa shape index (κ2) is 7.91. The van der Waals surface area contributed by atoms with E-state index in [1.807, 2.05) is 22.8 Å². The Hall–Kier alpha value is -3.02. The Bertz CT molecular complexity index is 1210. The van der Waals surface area contributed by atoms with Gasteiger partial charge in [-0.15, -0.1) is 5.10 Å². The highest BCUT2D eigenvalue weighted by Gasteiger charge is 2.25. The first-order valence-corrected chi connectivity index (χ1v) is 11.0. The van der Waals surface area contributed by atoms with E-state index >= 15 is 0 Å². The molecule has 1 saturated carbocycles. The fraction of sp³-hybridized carbons (Fsp3) is 0.440. The van der Waals surface area contributed by atoms with Crippen LogP contribution in [0, 0.1) is 10.8 Å². The molecular weight excluding hydrogens is 384 g/mol. The molecule has 3 heterocycles. The van der Waals surface area contributed by atoms with E-state index < -0.39 is 0 Å². The van der Waals surface area contributed by atoms with Gasteiger partial charge in [-0.25, -0.2) is 9.50 Å². The van der Waals surface area contributed by atoms with Gasteiger partial charge in [0.15, 0.2) is 0 Å². The van der Waals surface area contributed by atoms with E-state index in [0.29, 0.717) is 5.95 Å². The van der Waals surface area contributed by atoms with Gasteiger partial charge in [0.25, 0.3) is 0 Å². The summed E-state index contributed by atoms with van der Waals surface area (Å²) in [4.78, 5) is 13.3. The number of fused-ring (bicyclic) bond motifs is 2. The van der Waals surface area contributed by atoms with Gasteiger partial charge in [0, 0.05) is 24.2 Å². The summed E-state index contributed by atoms with van der Waals surface area (Å²) in [5.74, 6) is 0.290. The van der Waals surface area contributed by atoms with Gasteiger partial charge in [0.2, 0.25) is 5.95 Å². The number of hydrogen-bond donors (Lipinski definition) is 1. The van der Waals surface area contributed by atoms with Crippen molar-refractivity contribution in [1.82, 2.24) is 24.6 Å². The molecule has 1 aliphatic carbocycles. The van der Waals surface area contributed by atoms with Crippen LogP contribution in [0.4, 0.5) is 5.95 Å². The second-order valence-electron chi connectivity index (χ2n) is 10.5.